The Morgan fingerprint density at radius 2 is 1.90 bits per heavy atom. The highest BCUT2D eigenvalue weighted by Crippen LogP contribution is 2.19. The van der Waals surface area contributed by atoms with Gasteiger partial charge in [0.2, 0.25) is 0 Å². The molecule has 20 heavy (non-hydrogen) atoms. The summed E-state index contributed by atoms with van der Waals surface area (Å²) in [5, 5.41) is 17.5. The second kappa shape index (κ2) is 5.43. The van der Waals surface area contributed by atoms with E-state index in [2.05, 4.69) is 39.0 Å². The van der Waals surface area contributed by atoms with Crippen molar-refractivity contribution in [2.24, 2.45) is 0 Å². The van der Waals surface area contributed by atoms with Crippen molar-refractivity contribution >= 4 is 45.4 Å². The van der Waals surface area contributed by atoms with Gasteiger partial charge in [-0.05, 0) is 52.4 Å². The molecule has 0 amide bonds. The van der Waals surface area contributed by atoms with Gasteiger partial charge < -0.3 is 0 Å². The first kappa shape index (κ1) is 12.8. The van der Waals surface area contributed by atoms with Crippen LogP contribution in [0.15, 0.2) is 48.5 Å². The summed E-state index contributed by atoms with van der Waals surface area (Å²) in [6.07, 6.45) is 1.82. The topological polar surface area (TPSA) is 54.5 Å². The number of nitriles is 1. The van der Waals surface area contributed by atoms with E-state index in [9.17, 15) is 5.26 Å². The molecule has 0 bridgehead atoms. The van der Waals surface area contributed by atoms with Crippen molar-refractivity contribution in [3.8, 4) is 6.07 Å². The third-order valence-electron chi connectivity index (χ3n) is 2.89. The van der Waals surface area contributed by atoms with E-state index in [0.717, 1.165) is 20.2 Å². The van der Waals surface area contributed by atoms with Crippen LogP contribution >= 0.6 is 22.6 Å². The van der Waals surface area contributed by atoms with Crippen molar-refractivity contribution in [2.75, 3.05) is 0 Å². The minimum Gasteiger partial charge on any atom is -0.202 e. The van der Waals surface area contributed by atoms with Crippen molar-refractivity contribution in [3.63, 3.8) is 0 Å². The van der Waals surface area contributed by atoms with E-state index in [1.165, 1.54) is 0 Å². The summed E-state index contributed by atoms with van der Waals surface area (Å²) >= 11 is 2.25. The molecule has 3 rings (SSSR count). The van der Waals surface area contributed by atoms with Crippen molar-refractivity contribution in [1.82, 2.24) is 15.0 Å². The zero-order valence-electron chi connectivity index (χ0n) is 10.4. The molecule has 3 aromatic rings. The maximum absolute atomic E-state index is 9.40. The average molecular weight is 372 g/mol. The normalized spacial score (nSPS) is 11.5. The van der Waals surface area contributed by atoms with Gasteiger partial charge in [0.25, 0.3) is 0 Å². The predicted molar refractivity (Wildman–Crippen MR) is 86.5 cm³/mol. The number of para-hydroxylation sites is 1. The summed E-state index contributed by atoms with van der Waals surface area (Å²) in [6, 6.07) is 17.7. The summed E-state index contributed by atoms with van der Waals surface area (Å²) in [6.45, 7) is 0. The number of hydrogen-bond acceptors (Lipinski definition) is 3. The largest absolute Gasteiger partial charge is 0.202 e. The molecule has 1 heterocycles. The fraction of sp³-hybridized carbons (Fsp3) is 0. The van der Waals surface area contributed by atoms with Crippen LogP contribution in [0.5, 0.6) is 0 Å². The molecule has 0 saturated carbocycles. The van der Waals surface area contributed by atoms with E-state index in [4.69, 9.17) is 0 Å². The maximum atomic E-state index is 9.40. The van der Waals surface area contributed by atoms with Gasteiger partial charge in [0.05, 0.1) is 5.52 Å². The van der Waals surface area contributed by atoms with Crippen LogP contribution in [0.25, 0.3) is 22.8 Å². The zero-order chi connectivity index (χ0) is 13.9. The molecule has 0 fully saturated rings. The summed E-state index contributed by atoms with van der Waals surface area (Å²) in [5.41, 5.74) is 3.04. The summed E-state index contributed by atoms with van der Waals surface area (Å²) < 4.78 is 2.65. The highest BCUT2D eigenvalue weighted by Gasteiger charge is 2.08. The number of aromatic nitrogens is 3. The van der Waals surface area contributed by atoms with Gasteiger partial charge in [-0.3, -0.25) is 0 Å². The lowest BCUT2D eigenvalue weighted by Gasteiger charge is -2.01. The van der Waals surface area contributed by atoms with E-state index < -0.39 is 0 Å². The highest BCUT2D eigenvalue weighted by molar-refractivity contribution is 14.1. The Morgan fingerprint density at radius 1 is 1.15 bits per heavy atom. The average Bonchev–Trinajstić information content (AvgIpc) is 2.90. The van der Waals surface area contributed by atoms with Crippen LogP contribution in [-0.2, 0) is 0 Å². The Kier molecular flexibility index (Phi) is 3.48. The second-order valence-electron chi connectivity index (χ2n) is 4.15. The molecular weight excluding hydrogens is 363 g/mol. The first-order valence-corrected chi connectivity index (χ1v) is 7.04. The minimum atomic E-state index is 0.447. The monoisotopic (exact) mass is 372 g/mol. The van der Waals surface area contributed by atoms with E-state index >= 15 is 0 Å². The van der Waals surface area contributed by atoms with Crippen molar-refractivity contribution in [3.05, 3.63) is 57.7 Å². The van der Waals surface area contributed by atoms with Gasteiger partial charge in [0, 0.05) is 3.57 Å². The Morgan fingerprint density at radius 3 is 2.70 bits per heavy atom. The smallest absolute Gasteiger partial charge is 0.145 e. The van der Waals surface area contributed by atoms with E-state index in [-0.39, 0.29) is 0 Å². The van der Waals surface area contributed by atoms with Crippen LogP contribution in [0.4, 0.5) is 0 Å². The van der Waals surface area contributed by atoms with Gasteiger partial charge in [-0.1, -0.05) is 35.5 Å². The molecule has 0 unspecified atom stereocenters. The lowest BCUT2D eigenvalue weighted by molar-refractivity contribution is 0.848. The molecule has 0 spiro atoms. The molecule has 4 nitrogen and oxygen atoms in total. The molecule has 5 heteroatoms. The fourth-order valence-corrected chi connectivity index (χ4v) is 2.47. The third kappa shape index (κ3) is 2.30. The SMILES string of the molecule is N#C/C(=C/c1ccccc1I)n1nnc2ccccc21. The van der Waals surface area contributed by atoms with Crippen molar-refractivity contribution in [1.29, 1.82) is 5.26 Å². The van der Waals surface area contributed by atoms with Gasteiger partial charge in [-0.15, -0.1) is 5.10 Å². The molecule has 1 aromatic heterocycles. The van der Waals surface area contributed by atoms with Gasteiger partial charge >= 0.3 is 0 Å². The second-order valence-corrected chi connectivity index (χ2v) is 5.32. The Hall–Kier alpha value is -2.20. The Balaban J connectivity index is 2.16. The molecule has 0 aliphatic carbocycles. The Bertz CT molecular complexity index is 842. The number of rotatable bonds is 2. The molecule has 96 valence electrons. The van der Waals surface area contributed by atoms with E-state index in [1.54, 1.807) is 4.68 Å². The summed E-state index contributed by atoms with van der Waals surface area (Å²) in [4.78, 5) is 0. The van der Waals surface area contributed by atoms with Gasteiger partial charge in [0.15, 0.2) is 0 Å². The number of benzene rings is 2. The fourth-order valence-electron chi connectivity index (χ4n) is 1.93. The van der Waals surface area contributed by atoms with Crippen LogP contribution in [0.3, 0.4) is 0 Å². The standard InChI is InChI=1S/C15H9IN4/c16-13-6-2-1-5-11(13)9-12(10-17)20-15-8-4-3-7-14(15)18-19-20/h1-9H/b12-9-. The summed E-state index contributed by atoms with van der Waals surface area (Å²) in [5.74, 6) is 0. The van der Waals surface area contributed by atoms with Crippen molar-refractivity contribution in [2.45, 2.75) is 0 Å². The molecule has 2 aromatic carbocycles. The molecular formula is C15H9IN4. The quantitative estimate of drug-likeness (QED) is 0.511. The first-order chi connectivity index (χ1) is 9.79. The molecule has 0 aliphatic heterocycles. The molecule has 0 radical (unpaired) electrons. The Labute approximate surface area is 129 Å². The highest BCUT2D eigenvalue weighted by atomic mass is 127. The first-order valence-electron chi connectivity index (χ1n) is 5.97. The number of nitrogens with zero attached hydrogens (tertiary/aromatic N) is 4. The third-order valence-corrected chi connectivity index (χ3v) is 3.87. The number of hydrogen-bond donors (Lipinski definition) is 0. The predicted octanol–water partition coefficient (Wildman–Crippen LogP) is 3.56. The number of fused-ring (bicyclic) bond motifs is 1. The minimum absolute atomic E-state index is 0.447. The molecule has 0 N–H and O–H groups in total. The molecule has 0 atom stereocenters. The van der Waals surface area contributed by atoms with Crippen LogP contribution in [0, 0.1) is 14.9 Å². The van der Waals surface area contributed by atoms with Crippen LogP contribution in [-0.4, -0.2) is 15.0 Å². The lowest BCUT2D eigenvalue weighted by Crippen LogP contribution is -1.97. The maximum Gasteiger partial charge on any atom is 0.145 e. The van der Waals surface area contributed by atoms with Gasteiger partial charge in [0.1, 0.15) is 17.3 Å². The number of allylic oxidation sites excluding steroid dienone is 1. The van der Waals surface area contributed by atoms with Crippen LogP contribution in [0.2, 0.25) is 0 Å². The van der Waals surface area contributed by atoms with E-state index in [1.807, 2.05) is 54.6 Å². The molecule has 0 saturated heterocycles. The van der Waals surface area contributed by atoms with Gasteiger partial charge in [-0.25, -0.2) is 4.68 Å². The van der Waals surface area contributed by atoms with Crippen LogP contribution < -0.4 is 0 Å². The zero-order valence-corrected chi connectivity index (χ0v) is 12.5. The molecule has 0 aliphatic rings. The number of halogens is 1. The van der Waals surface area contributed by atoms with E-state index in [0.29, 0.717) is 5.70 Å². The van der Waals surface area contributed by atoms with Crippen LogP contribution in [0.1, 0.15) is 5.56 Å². The van der Waals surface area contributed by atoms with Crippen molar-refractivity contribution < 1.29 is 0 Å². The lowest BCUT2D eigenvalue weighted by atomic mass is 10.2. The summed E-state index contributed by atoms with van der Waals surface area (Å²) in [7, 11) is 0. The van der Waals surface area contributed by atoms with Gasteiger partial charge in [-0.2, -0.15) is 5.26 Å².